The third kappa shape index (κ3) is 5.05. The lowest BCUT2D eigenvalue weighted by atomic mass is 10.0. The molecule has 3 aromatic carbocycles. The molecule has 0 saturated carbocycles. The SMILES string of the molecule is O=C(c1ccccc1)c1ccc(OCCNC(=O)c2ccccc2Br)cc1. The van der Waals surface area contributed by atoms with Crippen molar-refractivity contribution >= 4 is 27.6 Å². The van der Waals surface area contributed by atoms with Crippen LogP contribution in [0.15, 0.2) is 83.3 Å². The first kappa shape index (κ1) is 18.9. The molecule has 0 radical (unpaired) electrons. The molecule has 3 rings (SSSR count). The third-order valence-corrected chi connectivity index (χ3v) is 4.62. The van der Waals surface area contributed by atoms with E-state index in [4.69, 9.17) is 4.74 Å². The minimum Gasteiger partial charge on any atom is -0.492 e. The topological polar surface area (TPSA) is 55.4 Å². The number of hydrogen-bond donors (Lipinski definition) is 1. The number of carbonyl (C=O) groups is 2. The van der Waals surface area contributed by atoms with Gasteiger partial charge in [0.1, 0.15) is 12.4 Å². The van der Waals surface area contributed by atoms with Crippen LogP contribution in [0.5, 0.6) is 5.75 Å². The van der Waals surface area contributed by atoms with Gasteiger partial charge in [0.2, 0.25) is 0 Å². The van der Waals surface area contributed by atoms with Gasteiger partial charge in [-0.1, -0.05) is 42.5 Å². The first-order chi connectivity index (χ1) is 13.1. The Bertz CT molecular complexity index is 924. The van der Waals surface area contributed by atoms with Gasteiger partial charge in [0, 0.05) is 15.6 Å². The Labute approximate surface area is 166 Å². The summed E-state index contributed by atoms with van der Waals surface area (Å²) >= 11 is 3.36. The van der Waals surface area contributed by atoms with E-state index < -0.39 is 0 Å². The first-order valence-corrected chi connectivity index (χ1v) is 9.30. The summed E-state index contributed by atoms with van der Waals surface area (Å²) in [5.74, 6) is 0.465. The highest BCUT2D eigenvalue weighted by molar-refractivity contribution is 9.10. The van der Waals surface area contributed by atoms with Crippen LogP contribution in [-0.2, 0) is 0 Å². The molecule has 0 bridgehead atoms. The van der Waals surface area contributed by atoms with Gasteiger partial charge in [-0.05, 0) is 52.3 Å². The molecule has 4 nitrogen and oxygen atoms in total. The van der Waals surface area contributed by atoms with E-state index in [9.17, 15) is 9.59 Å². The molecule has 0 spiro atoms. The van der Waals surface area contributed by atoms with Crippen LogP contribution in [0.25, 0.3) is 0 Å². The molecule has 0 aliphatic rings. The van der Waals surface area contributed by atoms with Crippen molar-refractivity contribution in [2.24, 2.45) is 0 Å². The van der Waals surface area contributed by atoms with Crippen LogP contribution in [0.2, 0.25) is 0 Å². The zero-order chi connectivity index (χ0) is 19.1. The van der Waals surface area contributed by atoms with Gasteiger partial charge in [-0.2, -0.15) is 0 Å². The number of ketones is 1. The number of amides is 1. The van der Waals surface area contributed by atoms with Crippen molar-refractivity contribution in [1.82, 2.24) is 5.32 Å². The Balaban J connectivity index is 1.49. The molecule has 0 aliphatic heterocycles. The Hall–Kier alpha value is -2.92. The van der Waals surface area contributed by atoms with Crippen molar-refractivity contribution < 1.29 is 14.3 Å². The molecule has 0 aliphatic carbocycles. The van der Waals surface area contributed by atoms with Gasteiger partial charge in [0.25, 0.3) is 5.91 Å². The normalized spacial score (nSPS) is 10.3. The Morgan fingerprint density at radius 1 is 0.815 bits per heavy atom. The van der Waals surface area contributed by atoms with Gasteiger partial charge in [-0.25, -0.2) is 0 Å². The van der Waals surface area contributed by atoms with E-state index in [1.807, 2.05) is 36.4 Å². The van der Waals surface area contributed by atoms with Gasteiger partial charge >= 0.3 is 0 Å². The van der Waals surface area contributed by atoms with Gasteiger partial charge in [0.15, 0.2) is 5.78 Å². The van der Waals surface area contributed by atoms with E-state index in [0.717, 1.165) is 4.47 Å². The zero-order valence-electron chi connectivity index (χ0n) is 14.5. The quantitative estimate of drug-likeness (QED) is 0.449. The summed E-state index contributed by atoms with van der Waals surface area (Å²) in [7, 11) is 0. The minimum absolute atomic E-state index is 0.0251. The Morgan fingerprint density at radius 3 is 2.15 bits per heavy atom. The predicted molar refractivity (Wildman–Crippen MR) is 108 cm³/mol. The van der Waals surface area contributed by atoms with Crippen LogP contribution < -0.4 is 10.1 Å². The van der Waals surface area contributed by atoms with Crippen LogP contribution >= 0.6 is 15.9 Å². The second-order valence-corrected chi connectivity index (χ2v) is 6.66. The monoisotopic (exact) mass is 423 g/mol. The number of benzene rings is 3. The van der Waals surface area contributed by atoms with Crippen LogP contribution in [-0.4, -0.2) is 24.8 Å². The highest BCUT2D eigenvalue weighted by Gasteiger charge is 2.09. The van der Waals surface area contributed by atoms with Gasteiger partial charge in [-0.3, -0.25) is 9.59 Å². The molecule has 3 aromatic rings. The second kappa shape index (κ2) is 9.14. The lowest BCUT2D eigenvalue weighted by Crippen LogP contribution is -2.28. The van der Waals surface area contributed by atoms with Crippen LogP contribution in [0.1, 0.15) is 26.3 Å². The lowest BCUT2D eigenvalue weighted by molar-refractivity contribution is 0.0945. The summed E-state index contributed by atoms with van der Waals surface area (Å²) in [6.45, 7) is 0.715. The minimum atomic E-state index is -0.158. The van der Waals surface area contributed by atoms with E-state index in [-0.39, 0.29) is 11.7 Å². The molecule has 5 heteroatoms. The molecular weight excluding hydrogens is 406 g/mol. The number of rotatable bonds is 7. The van der Waals surface area contributed by atoms with Crippen molar-refractivity contribution in [3.05, 3.63) is 100 Å². The molecule has 0 atom stereocenters. The zero-order valence-corrected chi connectivity index (χ0v) is 16.1. The van der Waals surface area contributed by atoms with E-state index in [2.05, 4.69) is 21.2 Å². The first-order valence-electron chi connectivity index (χ1n) is 8.50. The molecular formula is C22H18BrNO3. The number of carbonyl (C=O) groups excluding carboxylic acids is 2. The van der Waals surface area contributed by atoms with E-state index >= 15 is 0 Å². The van der Waals surface area contributed by atoms with Gasteiger partial charge in [-0.15, -0.1) is 0 Å². The largest absolute Gasteiger partial charge is 0.492 e. The summed E-state index contributed by atoms with van der Waals surface area (Å²) < 4.78 is 6.38. The van der Waals surface area contributed by atoms with Gasteiger partial charge in [0.05, 0.1) is 12.1 Å². The average molecular weight is 424 g/mol. The molecule has 0 fully saturated rings. The summed E-state index contributed by atoms with van der Waals surface area (Å²) in [6.07, 6.45) is 0. The van der Waals surface area contributed by atoms with Crippen LogP contribution in [0.3, 0.4) is 0 Å². The average Bonchev–Trinajstić information content (AvgIpc) is 2.72. The van der Waals surface area contributed by atoms with Gasteiger partial charge < -0.3 is 10.1 Å². The molecule has 0 saturated heterocycles. The standard InChI is InChI=1S/C22H18BrNO3/c23-20-9-5-4-8-19(20)22(26)24-14-15-27-18-12-10-17(11-13-18)21(25)16-6-2-1-3-7-16/h1-13H,14-15H2,(H,24,26). The third-order valence-electron chi connectivity index (χ3n) is 3.93. The maximum Gasteiger partial charge on any atom is 0.252 e. The molecule has 0 unspecified atom stereocenters. The smallest absolute Gasteiger partial charge is 0.252 e. The Morgan fingerprint density at radius 2 is 1.44 bits per heavy atom. The fraction of sp³-hybridized carbons (Fsp3) is 0.0909. The lowest BCUT2D eigenvalue weighted by Gasteiger charge is -2.09. The molecule has 0 aromatic heterocycles. The van der Waals surface area contributed by atoms with Crippen molar-refractivity contribution in [1.29, 1.82) is 0 Å². The maximum atomic E-state index is 12.4. The number of nitrogens with one attached hydrogen (secondary N) is 1. The molecule has 1 N–H and O–H groups in total. The molecule has 136 valence electrons. The second-order valence-electron chi connectivity index (χ2n) is 5.80. The molecule has 1 amide bonds. The van der Waals surface area contributed by atoms with Crippen molar-refractivity contribution in [3.63, 3.8) is 0 Å². The number of halogens is 1. The van der Waals surface area contributed by atoms with E-state index in [1.165, 1.54) is 0 Å². The van der Waals surface area contributed by atoms with Crippen molar-refractivity contribution in [3.8, 4) is 5.75 Å². The van der Waals surface area contributed by atoms with E-state index in [0.29, 0.717) is 35.6 Å². The summed E-state index contributed by atoms with van der Waals surface area (Å²) in [6, 6.07) is 23.4. The number of hydrogen-bond acceptors (Lipinski definition) is 3. The van der Waals surface area contributed by atoms with Crippen LogP contribution in [0, 0.1) is 0 Å². The van der Waals surface area contributed by atoms with Crippen LogP contribution in [0.4, 0.5) is 0 Å². The summed E-state index contributed by atoms with van der Waals surface area (Å²) in [4.78, 5) is 24.5. The molecule has 27 heavy (non-hydrogen) atoms. The number of ether oxygens (including phenoxy) is 1. The highest BCUT2D eigenvalue weighted by Crippen LogP contribution is 2.16. The van der Waals surface area contributed by atoms with Crippen molar-refractivity contribution in [2.45, 2.75) is 0 Å². The fourth-order valence-electron chi connectivity index (χ4n) is 2.53. The summed E-state index contributed by atoms with van der Waals surface area (Å²) in [5.41, 5.74) is 1.85. The fourth-order valence-corrected chi connectivity index (χ4v) is 3.00. The van der Waals surface area contributed by atoms with E-state index in [1.54, 1.807) is 42.5 Å². The predicted octanol–water partition coefficient (Wildman–Crippen LogP) is 4.49. The molecule has 0 heterocycles. The van der Waals surface area contributed by atoms with Crippen molar-refractivity contribution in [2.75, 3.05) is 13.2 Å². The Kier molecular flexibility index (Phi) is 6.39. The highest BCUT2D eigenvalue weighted by atomic mass is 79.9. The maximum absolute atomic E-state index is 12.4. The summed E-state index contributed by atoms with van der Waals surface area (Å²) in [5, 5.41) is 2.81.